The zero-order valence-electron chi connectivity index (χ0n) is 10.8. The Morgan fingerprint density at radius 3 is 1.82 bits per heavy atom. The summed E-state index contributed by atoms with van der Waals surface area (Å²) in [5, 5.41) is 9.43. The monoisotopic (exact) mass is 246 g/mol. The van der Waals surface area contributed by atoms with Gasteiger partial charge in [-0.25, -0.2) is 0 Å². The Morgan fingerprint density at radius 1 is 1.00 bits per heavy atom. The molecule has 17 heavy (non-hydrogen) atoms. The summed E-state index contributed by atoms with van der Waals surface area (Å²) in [7, 11) is 0. The maximum atomic E-state index is 11.6. The van der Waals surface area contributed by atoms with Gasteiger partial charge in [0.05, 0.1) is 19.3 Å². The molecule has 0 bridgehead atoms. The maximum Gasteiger partial charge on any atom is 0.320 e. The number of hydrogen-bond donors (Lipinski definition) is 1. The van der Waals surface area contributed by atoms with E-state index >= 15 is 0 Å². The summed E-state index contributed by atoms with van der Waals surface area (Å²) in [5.74, 6) is -2.07. The van der Waals surface area contributed by atoms with Crippen molar-refractivity contribution in [2.24, 2.45) is 5.92 Å². The molecule has 0 radical (unpaired) electrons. The lowest BCUT2D eigenvalue weighted by molar-refractivity contribution is -0.162. The highest BCUT2D eigenvalue weighted by Gasteiger charge is 2.29. The first-order valence-electron chi connectivity index (χ1n) is 6.08. The molecule has 0 saturated heterocycles. The van der Waals surface area contributed by atoms with Gasteiger partial charge in [0.1, 0.15) is 0 Å². The molecule has 1 atom stereocenters. The fourth-order valence-electron chi connectivity index (χ4n) is 1.38. The first-order chi connectivity index (χ1) is 8.06. The van der Waals surface area contributed by atoms with Crippen molar-refractivity contribution in [2.75, 3.05) is 13.2 Å². The van der Waals surface area contributed by atoms with Gasteiger partial charge in [0, 0.05) is 0 Å². The van der Waals surface area contributed by atoms with Crippen LogP contribution in [0.3, 0.4) is 0 Å². The van der Waals surface area contributed by atoms with Gasteiger partial charge in [-0.05, 0) is 33.1 Å². The summed E-state index contributed by atoms with van der Waals surface area (Å²) in [5.41, 5.74) is 0. The van der Waals surface area contributed by atoms with Crippen molar-refractivity contribution >= 4 is 11.9 Å². The largest absolute Gasteiger partial charge is 0.465 e. The average Bonchev–Trinajstić information content (AvgIpc) is 2.29. The number of aliphatic hydroxyl groups excluding tert-OH is 1. The van der Waals surface area contributed by atoms with E-state index in [4.69, 9.17) is 9.47 Å². The van der Waals surface area contributed by atoms with Crippen LogP contribution in [0.4, 0.5) is 0 Å². The van der Waals surface area contributed by atoms with Crippen LogP contribution in [0.15, 0.2) is 0 Å². The fraction of sp³-hybridized carbons (Fsp3) is 0.833. The third kappa shape index (κ3) is 6.26. The van der Waals surface area contributed by atoms with Crippen LogP contribution in [-0.4, -0.2) is 36.4 Å². The minimum Gasteiger partial charge on any atom is -0.465 e. The minimum absolute atomic E-state index is 0.227. The van der Waals surface area contributed by atoms with Crippen LogP contribution in [0, 0.1) is 5.92 Å². The number of rotatable bonds is 8. The van der Waals surface area contributed by atoms with E-state index in [0.717, 1.165) is 0 Å². The minimum atomic E-state index is -0.920. The number of hydrogen-bond acceptors (Lipinski definition) is 5. The molecule has 0 spiro atoms. The maximum absolute atomic E-state index is 11.6. The Balaban J connectivity index is 4.39. The van der Waals surface area contributed by atoms with Gasteiger partial charge in [-0.3, -0.25) is 9.59 Å². The third-order valence-corrected chi connectivity index (χ3v) is 2.40. The van der Waals surface area contributed by atoms with Gasteiger partial charge in [-0.1, -0.05) is 6.92 Å². The van der Waals surface area contributed by atoms with Gasteiger partial charge >= 0.3 is 11.9 Å². The van der Waals surface area contributed by atoms with Gasteiger partial charge < -0.3 is 14.6 Å². The molecule has 0 aromatic carbocycles. The van der Waals surface area contributed by atoms with Crippen molar-refractivity contribution in [1.29, 1.82) is 0 Å². The predicted octanol–water partition coefficient (Wildman–Crippen LogP) is 1.28. The van der Waals surface area contributed by atoms with Crippen molar-refractivity contribution in [3.8, 4) is 0 Å². The Morgan fingerprint density at radius 2 is 1.47 bits per heavy atom. The molecule has 1 N–H and O–H groups in total. The van der Waals surface area contributed by atoms with Crippen molar-refractivity contribution < 1.29 is 24.2 Å². The first-order valence-corrected chi connectivity index (χ1v) is 6.08. The molecule has 100 valence electrons. The summed E-state index contributed by atoms with van der Waals surface area (Å²) in [4.78, 5) is 23.1. The number of carbonyl (C=O) groups is 2. The van der Waals surface area contributed by atoms with Crippen LogP contribution in [0.2, 0.25) is 0 Å². The molecule has 5 nitrogen and oxygen atoms in total. The van der Waals surface area contributed by atoms with E-state index in [-0.39, 0.29) is 19.6 Å². The van der Waals surface area contributed by atoms with Crippen molar-refractivity contribution in [2.45, 2.75) is 46.1 Å². The van der Waals surface area contributed by atoms with Crippen LogP contribution in [0.25, 0.3) is 0 Å². The molecule has 5 heteroatoms. The number of aliphatic hydroxyl groups is 1. The van der Waals surface area contributed by atoms with Crippen LogP contribution < -0.4 is 0 Å². The molecular formula is C12H22O5. The summed E-state index contributed by atoms with van der Waals surface area (Å²) in [6, 6.07) is 0. The normalized spacial score (nSPS) is 12.3. The summed E-state index contributed by atoms with van der Waals surface area (Å²) < 4.78 is 9.63. The van der Waals surface area contributed by atoms with Gasteiger partial charge in [-0.2, -0.15) is 0 Å². The summed E-state index contributed by atoms with van der Waals surface area (Å²) >= 11 is 0. The number of carbonyl (C=O) groups excluding carboxylic acids is 2. The van der Waals surface area contributed by atoms with E-state index in [1.165, 1.54) is 0 Å². The molecule has 0 fully saturated rings. The fourth-order valence-corrected chi connectivity index (χ4v) is 1.38. The van der Waals surface area contributed by atoms with Crippen LogP contribution in [0.1, 0.15) is 40.0 Å². The molecule has 1 unspecified atom stereocenters. The van der Waals surface area contributed by atoms with E-state index < -0.39 is 24.0 Å². The third-order valence-electron chi connectivity index (χ3n) is 2.40. The summed E-state index contributed by atoms with van der Waals surface area (Å²) in [6.07, 6.45) is 0.741. The highest BCUT2D eigenvalue weighted by atomic mass is 16.6. The second-order valence-electron chi connectivity index (χ2n) is 3.70. The summed E-state index contributed by atoms with van der Waals surface area (Å²) in [6.45, 7) is 5.66. The molecule has 0 saturated carbocycles. The lowest BCUT2D eigenvalue weighted by Crippen LogP contribution is -2.29. The first kappa shape index (κ1) is 15.9. The Labute approximate surface area is 102 Å². The SMILES string of the molecule is CCOC(=O)C(CCC(O)CC)C(=O)OCC. The molecule has 0 aliphatic heterocycles. The van der Waals surface area contributed by atoms with E-state index in [2.05, 4.69) is 0 Å². The van der Waals surface area contributed by atoms with Crippen molar-refractivity contribution in [3.63, 3.8) is 0 Å². The van der Waals surface area contributed by atoms with Crippen LogP contribution in [0.5, 0.6) is 0 Å². The number of ether oxygens (including phenoxy) is 2. The van der Waals surface area contributed by atoms with E-state index in [1.54, 1.807) is 13.8 Å². The zero-order valence-corrected chi connectivity index (χ0v) is 10.8. The van der Waals surface area contributed by atoms with Gasteiger partial charge in [-0.15, -0.1) is 0 Å². The molecule has 0 heterocycles. The topological polar surface area (TPSA) is 72.8 Å². The second-order valence-corrected chi connectivity index (χ2v) is 3.70. The Bertz CT molecular complexity index is 221. The van der Waals surface area contributed by atoms with E-state index in [1.807, 2.05) is 6.92 Å². The lowest BCUT2D eigenvalue weighted by atomic mass is 10.00. The highest BCUT2D eigenvalue weighted by Crippen LogP contribution is 2.14. The smallest absolute Gasteiger partial charge is 0.320 e. The molecule has 0 aromatic heterocycles. The Kier molecular flexibility index (Phi) is 8.40. The van der Waals surface area contributed by atoms with Crippen LogP contribution in [-0.2, 0) is 19.1 Å². The Hall–Kier alpha value is -1.10. The van der Waals surface area contributed by atoms with E-state index in [9.17, 15) is 14.7 Å². The van der Waals surface area contributed by atoms with Gasteiger partial charge in [0.25, 0.3) is 0 Å². The van der Waals surface area contributed by atoms with Gasteiger partial charge in [0.15, 0.2) is 5.92 Å². The standard InChI is InChI=1S/C12H22O5/c1-4-9(13)7-8-10(11(14)16-5-2)12(15)17-6-3/h9-10,13H,4-8H2,1-3H3. The molecule has 0 aromatic rings. The average molecular weight is 246 g/mol. The molecule has 0 amide bonds. The molecule has 0 aliphatic carbocycles. The van der Waals surface area contributed by atoms with Crippen molar-refractivity contribution in [3.05, 3.63) is 0 Å². The quantitative estimate of drug-likeness (QED) is 0.516. The predicted molar refractivity (Wildman–Crippen MR) is 62.3 cm³/mol. The van der Waals surface area contributed by atoms with Gasteiger partial charge in [0.2, 0.25) is 0 Å². The zero-order chi connectivity index (χ0) is 13.3. The lowest BCUT2D eigenvalue weighted by Gasteiger charge is -2.15. The second kappa shape index (κ2) is 8.98. The van der Waals surface area contributed by atoms with E-state index in [0.29, 0.717) is 12.8 Å². The molecule has 0 rings (SSSR count). The van der Waals surface area contributed by atoms with Crippen molar-refractivity contribution in [1.82, 2.24) is 0 Å². The highest BCUT2D eigenvalue weighted by molar-refractivity contribution is 5.94. The number of esters is 2. The molecular weight excluding hydrogens is 224 g/mol. The molecule has 0 aliphatic rings. The van der Waals surface area contributed by atoms with Crippen LogP contribution >= 0.6 is 0 Å².